The predicted octanol–water partition coefficient (Wildman–Crippen LogP) is 3.89. The average Bonchev–Trinajstić information content (AvgIpc) is 3.03. The zero-order chi connectivity index (χ0) is 16.8. The molecule has 120 valence electrons. The number of halogens is 1. The zero-order valence-corrected chi connectivity index (χ0v) is 14.2. The lowest BCUT2D eigenvalue weighted by Crippen LogP contribution is -1.99. The predicted molar refractivity (Wildman–Crippen MR) is 91.3 cm³/mol. The van der Waals surface area contributed by atoms with Crippen LogP contribution in [0.4, 0.5) is 5.88 Å². The molecule has 3 aromatic rings. The number of oxazole rings is 1. The van der Waals surface area contributed by atoms with Gasteiger partial charge in [0.25, 0.3) is 0 Å². The molecule has 1 N–H and O–H groups in total. The zero-order valence-electron chi connectivity index (χ0n) is 12.6. The summed E-state index contributed by atoms with van der Waals surface area (Å²) < 4.78 is 12.2. The molecule has 0 unspecified atom stereocenters. The van der Waals surface area contributed by atoms with Crippen molar-refractivity contribution >= 4 is 21.8 Å². The summed E-state index contributed by atoms with van der Waals surface area (Å²) in [5, 5.41) is 12.2. The Morgan fingerprint density at radius 2 is 1.92 bits per heavy atom. The second-order valence-corrected chi connectivity index (χ2v) is 5.76. The molecule has 0 amide bonds. The highest BCUT2D eigenvalue weighted by molar-refractivity contribution is 9.10. The van der Waals surface area contributed by atoms with Gasteiger partial charge >= 0.3 is 0 Å². The first-order chi connectivity index (χ1) is 11.7. The van der Waals surface area contributed by atoms with E-state index in [2.05, 4.69) is 31.2 Å². The Hall–Kier alpha value is -2.85. The van der Waals surface area contributed by atoms with Crippen LogP contribution in [0.2, 0.25) is 0 Å². The van der Waals surface area contributed by atoms with E-state index in [-0.39, 0.29) is 12.3 Å². The number of anilines is 1. The summed E-state index contributed by atoms with van der Waals surface area (Å²) in [4.78, 5) is 8.10. The third-order valence-electron chi connectivity index (χ3n) is 3.16. The van der Waals surface area contributed by atoms with Crippen LogP contribution in [0, 0.1) is 11.3 Å². The first kappa shape index (κ1) is 16.0. The van der Waals surface area contributed by atoms with E-state index < -0.39 is 0 Å². The van der Waals surface area contributed by atoms with E-state index in [0.29, 0.717) is 24.1 Å². The molecule has 0 atom stereocenters. The summed E-state index contributed by atoms with van der Waals surface area (Å²) in [6.45, 7) is 0.659. The van der Waals surface area contributed by atoms with Gasteiger partial charge in [-0.25, -0.2) is 0 Å². The smallest absolute Gasteiger partial charge is 0.236 e. The Kier molecular flexibility index (Phi) is 5.08. The molecule has 0 saturated carbocycles. The lowest BCUT2D eigenvalue weighted by molar-refractivity contribution is 0.264. The average molecular weight is 385 g/mol. The van der Waals surface area contributed by atoms with Crippen LogP contribution in [-0.4, -0.2) is 9.97 Å². The number of nitrogens with zero attached hydrogens (tertiary/aromatic N) is 3. The van der Waals surface area contributed by atoms with Crippen molar-refractivity contribution < 1.29 is 9.15 Å². The number of rotatable bonds is 6. The molecule has 0 radical (unpaired) electrons. The summed E-state index contributed by atoms with van der Waals surface area (Å²) in [6, 6.07) is 13.2. The monoisotopic (exact) mass is 384 g/mol. The molecule has 2 aromatic heterocycles. The standard InChI is InChI=1S/C17H13BrN4O2/c18-13-1-3-14(4-2-13)23-11-16-22-15(9-19)17(24-16)21-10-12-5-7-20-8-6-12/h1-8,21H,10-11H2. The van der Waals surface area contributed by atoms with Crippen LogP contribution in [0.1, 0.15) is 17.1 Å². The molecule has 0 fully saturated rings. The minimum Gasteiger partial charge on any atom is -0.484 e. The molecule has 2 heterocycles. The number of nitriles is 1. The van der Waals surface area contributed by atoms with Crippen molar-refractivity contribution in [1.82, 2.24) is 9.97 Å². The molecular weight excluding hydrogens is 372 g/mol. The Balaban J connectivity index is 1.64. The van der Waals surface area contributed by atoms with Gasteiger partial charge in [0.15, 0.2) is 6.61 Å². The summed E-state index contributed by atoms with van der Waals surface area (Å²) in [7, 11) is 0. The number of pyridine rings is 1. The van der Waals surface area contributed by atoms with Gasteiger partial charge in [0, 0.05) is 23.4 Å². The maximum Gasteiger partial charge on any atom is 0.236 e. The highest BCUT2D eigenvalue weighted by Crippen LogP contribution is 2.20. The van der Waals surface area contributed by atoms with Crippen molar-refractivity contribution in [3.63, 3.8) is 0 Å². The summed E-state index contributed by atoms with van der Waals surface area (Å²) in [5.41, 5.74) is 1.23. The highest BCUT2D eigenvalue weighted by atomic mass is 79.9. The lowest BCUT2D eigenvalue weighted by Gasteiger charge is -2.04. The van der Waals surface area contributed by atoms with E-state index in [1.807, 2.05) is 42.5 Å². The van der Waals surface area contributed by atoms with Gasteiger partial charge in [-0.15, -0.1) is 0 Å². The summed E-state index contributed by atoms with van der Waals surface area (Å²) in [6.07, 6.45) is 3.42. The number of ether oxygens (including phenoxy) is 1. The van der Waals surface area contributed by atoms with Crippen molar-refractivity contribution in [2.24, 2.45) is 0 Å². The van der Waals surface area contributed by atoms with E-state index in [1.165, 1.54) is 0 Å². The van der Waals surface area contributed by atoms with Gasteiger partial charge in [-0.1, -0.05) is 15.9 Å². The fourth-order valence-corrected chi connectivity index (χ4v) is 2.24. The van der Waals surface area contributed by atoms with Gasteiger partial charge in [-0.2, -0.15) is 10.2 Å². The molecule has 0 saturated heterocycles. The normalized spacial score (nSPS) is 10.2. The molecule has 7 heteroatoms. The number of aromatic nitrogens is 2. The highest BCUT2D eigenvalue weighted by Gasteiger charge is 2.13. The molecule has 1 aromatic carbocycles. The number of nitrogens with one attached hydrogen (secondary N) is 1. The van der Waals surface area contributed by atoms with E-state index in [1.54, 1.807) is 12.4 Å². The van der Waals surface area contributed by atoms with Crippen molar-refractivity contribution in [3.8, 4) is 11.8 Å². The topological polar surface area (TPSA) is 84.0 Å². The third kappa shape index (κ3) is 4.12. The Morgan fingerprint density at radius 1 is 1.17 bits per heavy atom. The molecule has 24 heavy (non-hydrogen) atoms. The molecule has 0 aliphatic rings. The van der Waals surface area contributed by atoms with E-state index in [0.717, 1.165) is 10.0 Å². The maximum absolute atomic E-state index is 9.18. The fraction of sp³-hybridized carbons (Fsp3) is 0.118. The SMILES string of the molecule is N#Cc1nc(COc2ccc(Br)cc2)oc1NCc1ccncc1. The van der Waals surface area contributed by atoms with Crippen LogP contribution < -0.4 is 10.1 Å². The lowest BCUT2D eigenvalue weighted by atomic mass is 10.3. The van der Waals surface area contributed by atoms with Crippen LogP contribution in [-0.2, 0) is 13.2 Å². The fourth-order valence-electron chi connectivity index (χ4n) is 1.98. The first-order valence-electron chi connectivity index (χ1n) is 7.15. The second-order valence-electron chi connectivity index (χ2n) is 4.85. The van der Waals surface area contributed by atoms with Gasteiger partial charge in [0.05, 0.1) is 0 Å². The minimum atomic E-state index is 0.146. The third-order valence-corrected chi connectivity index (χ3v) is 3.68. The number of hydrogen-bond donors (Lipinski definition) is 1. The van der Waals surface area contributed by atoms with Crippen LogP contribution in [0.5, 0.6) is 5.75 Å². The van der Waals surface area contributed by atoms with Gasteiger partial charge in [0.1, 0.15) is 11.8 Å². The second kappa shape index (κ2) is 7.62. The maximum atomic E-state index is 9.18. The Morgan fingerprint density at radius 3 is 2.62 bits per heavy atom. The van der Waals surface area contributed by atoms with Crippen LogP contribution in [0.15, 0.2) is 57.7 Å². The van der Waals surface area contributed by atoms with E-state index in [4.69, 9.17) is 9.15 Å². The van der Waals surface area contributed by atoms with E-state index >= 15 is 0 Å². The number of benzene rings is 1. The van der Waals surface area contributed by atoms with Gasteiger partial charge in [-0.3, -0.25) is 4.98 Å². The van der Waals surface area contributed by atoms with Gasteiger partial charge in [-0.05, 0) is 42.0 Å². The van der Waals surface area contributed by atoms with Gasteiger partial charge < -0.3 is 14.5 Å². The summed E-state index contributed by atoms with van der Waals surface area (Å²) >= 11 is 3.37. The largest absolute Gasteiger partial charge is 0.484 e. The quantitative estimate of drug-likeness (QED) is 0.693. The van der Waals surface area contributed by atoms with Crippen molar-refractivity contribution in [2.75, 3.05) is 5.32 Å². The first-order valence-corrected chi connectivity index (χ1v) is 7.95. The van der Waals surface area contributed by atoms with Gasteiger partial charge in [0.2, 0.25) is 17.5 Å². The van der Waals surface area contributed by atoms with Crippen LogP contribution in [0.25, 0.3) is 0 Å². The Bertz CT molecular complexity index is 841. The molecule has 0 spiro atoms. The van der Waals surface area contributed by atoms with Crippen molar-refractivity contribution in [1.29, 1.82) is 5.26 Å². The molecule has 0 bridgehead atoms. The molecule has 0 aliphatic carbocycles. The molecule has 6 nitrogen and oxygen atoms in total. The van der Waals surface area contributed by atoms with Crippen LogP contribution in [0.3, 0.4) is 0 Å². The van der Waals surface area contributed by atoms with E-state index in [9.17, 15) is 5.26 Å². The summed E-state index contributed by atoms with van der Waals surface area (Å²) in [5.74, 6) is 1.37. The number of hydrogen-bond acceptors (Lipinski definition) is 6. The van der Waals surface area contributed by atoms with Crippen molar-refractivity contribution in [2.45, 2.75) is 13.2 Å². The molecule has 3 rings (SSSR count). The van der Waals surface area contributed by atoms with Crippen molar-refractivity contribution in [3.05, 3.63) is 70.4 Å². The minimum absolute atomic E-state index is 0.146. The van der Waals surface area contributed by atoms with Crippen LogP contribution >= 0.6 is 15.9 Å². The Labute approximate surface area is 147 Å². The molecular formula is C17H13BrN4O2. The molecule has 0 aliphatic heterocycles.